The Morgan fingerprint density at radius 1 is 1.11 bits per heavy atom. The molecule has 3 N–H and O–H groups in total. The zero-order chi connectivity index (χ0) is 27.1. The van der Waals surface area contributed by atoms with Gasteiger partial charge in [0.15, 0.2) is 0 Å². The van der Waals surface area contributed by atoms with E-state index in [0.29, 0.717) is 38.6 Å². The van der Waals surface area contributed by atoms with Crippen molar-refractivity contribution < 1.29 is 27.6 Å². The molecule has 3 aliphatic carbocycles. The van der Waals surface area contributed by atoms with Crippen LogP contribution in [0.15, 0.2) is 12.2 Å². The highest BCUT2D eigenvalue weighted by Crippen LogP contribution is 2.46. The van der Waals surface area contributed by atoms with Crippen molar-refractivity contribution in [3.8, 4) is 0 Å². The number of amides is 4. The molecule has 5 atom stereocenters. The van der Waals surface area contributed by atoms with E-state index in [4.69, 9.17) is 0 Å². The molecule has 210 valence electrons. The van der Waals surface area contributed by atoms with Gasteiger partial charge in [-0.05, 0) is 63.7 Å². The minimum Gasteiger partial charge on any atom is -0.344 e. The molecule has 3 saturated carbocycles. The molecule has 11 heteroatoms. The van der Waals surface area contributed by atoms with Crippen LogP contribution in [0.5, 0.6) is 0 Å². The third kappa shape index (κ3) is 5.77. The van der Waals surface area contributed by atoms with Gasteiger partial charge in [-0.1, -0.05) is 38.3 Å². The number of nitrogens with one attached hydrogen (secondary N) is 3. The summed E-state index contributed by atoms with van der Waals surface area (Å²) in [4.78, 5) is 55.0. The van der Waals surface area contributed by atoms with E-state index in [2.05, 4.69) is 15.4 Å². The van der Waals surface area contributed by atoms with E-state index in [1.54, 1.807) is 4.90 Å². The quantitative estimate of drug-likeness (QED) is 0.430. The predicted octanol–water partition coefficient (Wildman–Crippen LogP) is 1.51. The summed E-state index contributed by atoms with van der Waals surface area (Å²) in [6.07, 6.45) is 12.1. The Labute approximate surface area is 224 Å². The molecular weight excluding hydrogens is 508 g/mol. The van der Waals surface area contributed by atoms with E-state index in [9.17, 15) is 27.6 Å². The third-order valence-electron chi connectivity index (χ3n) is 8.81. The molecule has 0 radical (unpaired) electrons. The van der Waals surface area contributed by atoms with Crippen LogP contribution in [-0.2, 0) is 29.2 Å². The van der Waals surface area contributed by atoms with Crippen molar-refractivity contribution in [2.75, 3.05) is 6.54 Å². The second-order valence-corrected chi connectivity index (χ2v) is 13.8. The zero-order valence-corrected chi connectivity index (χ0v) is 22.9. The van der Waals surface area contributed by atoms with Crippen molar-refractivity contribution in [3.05, 3.63) is 12.2 Å². The van der Waals surface area contributed by atoms with Crippen molar-refractivity contribution >= 4 is 33.7 Å². The normalized spacial score (nSPS) is 34.3. The van der Waals surface area contributed by atoms with Gasteiger partial charge in [-0.25, -0.2) is 8.42 Å². The molecule has 2 aliphatic heterocycles. The van der Waals surface area contributed by atoms with Gasteiger partial charge in [-0.2, -0.15) is 0 Å². The summed E-state index contributed by atoms with van der Waals surface area (Å²) < 4.78 is 27.3. The molecule has 0 bridgehead atoms. The van der Waals surface area contributed by atoms with E-state index in [1.807, 2.05) is 19.1 Å². The first-order valence-electron chi connectivity index (χ1n) is 14.3. The SMILES string of the molecule is CC[C@@H]1C[C@H]2C(=O)N[C@]3(C(=O)NS(=O)(=O)C4CC4)C[C@H]3C=CCCCCC[C@H](NC(=O)C3CC3)C(=O)N2C1. The Hall–Kier alpha value is -2.43. The van der Waals surface area contributed by atoms with Crippen LogP contribution in [0.2, 0.25) is 0 Å². The summed E-state index contributed by atoms with van der Waals surface area (Å²) in [6, 6.07) is -1.45. The van der Waals surface area contributed by atoms with Crippen molar-refractivity contribution in [2.24, 2.45) is 17.8 Å². The fraction of sp³-hybridized carbons (Fsp3) is 0.778. The van der Waals surface area contributed by atoms with Crippen molar-refractivity contribution in [3.63, 3.8) is 0 Å². The number of hydrogen-bond donors (Lipinski definition) is 3. The lowest BCUT2D eigenvalue weighted by atomic mass is 10.0. The van der Waals surface area contributed by atoms with E-state index in [0.717, 1.165) is 44.9 Å². The van der Waals surface area contributed by atoms with Crippen LogP contribution < -0.4 is 15.4 Å². The van der Waals surface area contributed by atoms with Gasteiger partial charge in [0.05, 0.1) is 5.25 Å². The zero-order valence-electron chi connectivity index (χ0n) is 22.1. The molecule has 5 aliphatic rings. The van der Waals surface area contributed by atoms with Gasteiger partial charge in [0.2, 0.25) is 27.7 Å². The first-order chi connectivity index (χ1) is 18.1. The Morgan fingerprint density at radius 2 is 1.87 bits per heavy atom. The molecule has 5 rings (SSSR count). The van der Waals surface area contributed by atoms with Gasteiger partial charge in [0.1, 0.15) is 17.6 Å². The Balaban J connectivity index is 1.39. The van der Waals surface area contributed by atoms with E-state index < -0.39 is 44.7 Å². The Morgan fingerprint density at radius 3 is 2.55 bits per heavy atom. The molecule has 0 spiro atoms. The highest BCUT2D eigenvalue weighted by molar-refractivity contribution is 7.91. The van der Waals surface area contributed by atoms with E-state index in [-0.39, 0.29) is 29.6 Å². The lowest BCUT2D eigenvalue weighted by Gasteiger charge is -2.30. The highest BCUT2D eigenvalue weighted by Gasteiger charge is 2.62. The summed E-state index contributed by atoms with van der Waals surface area (Å²) >= 11 is 0. The number of carbonyl (C=O) groups is 4. The monoisotopic (exact) mass is 548 g/mol. The maximum atomic E-state index is 13.8. The molecule has 0 unspecified atom stereocenters. The van der Waals surface area contributed by atoms with Crippen LogP contribution in [0, 0.1) is 17.8 Å². The van der Waals surface area contributed by atoms with Gasteiger partial charge in [-0.15, -0.1) is 0 Å². The number of nitrogens with zero attached hydrogens (tertiary/aromatic N) is 1. The molecule has 38 heavy (non-hydrogen) atoms. The average Bonchev–Trinajstić information content (AvgIpc) is 3.74. The second-order valence-electron chi connectivity index (χ2n) is 11.9. The Kier molecular flexibility index (Phi) is 7.59. The van der Waals surface area contributed by atoms with Crippen LogP contribution in [0.3, 0.4) is 0 Å². The van der Waals surface area contributed by atoms with Crippen molar-refractivity contribution in [1.82, 2.24) is 20.3 Å². The van der Waals surface area contributed by atoms with Gasteiger partial charge >= 0.3 is 0 Å². The molecule has 0 aromatic carbocycles. The standard InChI is InChI=1S/C27H40N4O6S/c1-2-17-14-22-24(33)29-27(26(35)30-38(36,37)20-12-13-20)15-19(27)8-6-4-3-5-7-9-21(25(34)31(22)16-17)28-23(32)18-10-11-18/h6,8,17-22H,2-5,7,9-16H2,1H3,(H,28,32)(H,29,33)(H,30,35)/t17-,19-,21+,22+,27-/m1/s1. The van der Waals surface area contributed by atoms with Crippen molar-refractivity contribution in [2.45, 2.75) is 107 Å². The highest BCUT2D eigenvalue weighted by atomic mass is 32.2. The van der Waals surface area contributed by atoms with E-state index in [1.165, 1.54) is 0 Å². The van der Waals surface area contributed by atoms with Crippen LogP contribution >= 0.6 is 0 Å². The van der Waals surface area contributed by atoms with Crippen molar-refractivity contribution in [1.29, 1.82) is 0 Å². The lowest BCUT2D eigenvalue weighted by Crippen LogP contribution is -2.58. The largest absolute Gasteiger partial charge is 0.344 e. The van der Waals surface area contributed by atoms with Crippen LogP contribution in [0.1, 0.15) is 84.0 Å². The Bertz CT molecular complexity index is 1110. The minimum absolute atomic E-state index is 0.0253. The summed E-state index contributed by atoms with van der Waals surface area (Å²) in [5.41, 5.74) is -1.34. The number of sulfonamides is 1. The molecule has 10 nitrogen and oxygen atoms in total. The summed E-state index contributed by atoms with van der Waals surface area (Å²) in [5.74, 6) is -1.68. The molecule has 0 aromatic rings. The molecule has 4 amide bonds. The number of hydrogen-bond acceptors (Lipinski definition) is 6. The molecule has 0 aromatic heterocycles. The fourth-order valence-corrected chi connectivity index (χ4v) is 7.18. The predicted molar refractivity (Wildman–Crippen MR) is 140 cm³/mol. The average molecular weight is 549 g/mol. The van der Waals surface area contributed by atoms with Crippen LogP contribution in [0.25, 0.3) is 0 Å². The molecule has 2 heterocycles. The number of carbonyl (C=O) groups excluding carboxylic acids is 4. The lowest BCUT2D eigenvalue weighted by molar-refractivity contribution is -0.142. The topological polar surface area (TPSA) is 142 Å². The first kappa shape index (κ1) is 27.1. The maximum absolute atomic E-state index is 13.8. The summed E-state index contributed by atoms with van der Waals surface area (Å²) in [7, 11) is -3.77. The smallest absolute Gasteiger partial charge is 0.259 e. The minimum atomic E-state index is -3.77. The summed E-state index contributed by atoms with van der Waals surface area (Å²) in [6.45, 7) is 2.44. The van der Waals surface area contributed by atoms with Gasteiger partial charge in [0, 0.05) is 18.4 Å². The van der Waals surface area contributed by atoms with Gasteiger partial charge in [0.25, 0.3) is 5.91 Å². The first-order valence-corrected chi connectivity index (χ1v) is 15.8. The number of rotatable bonds is 6. The number of fused-ring (bicyclic) bond motifs is 2. The molecule has 1 saturated heterocycles. The third-order valence-corrected chi connectivity index (χ3v) is 10.6. The van der Waals surface area contributed by atoms with Gasteiger partial charge < -0.3 is 15.5 Å². The molecular formula is C27H40N4O6S. The summed E-state index contributed by atoms with van der Waals surface area (Å²) in [5, 5.41) is 5.30. The van der Waals surface area contributed by atoms with E-state index >= 15 is 0 Å². The maximum Gasteiger partial charge on any atom is 0.259 e. The van der Waals surface area contributed by atoms with Crippen LogP contribution in [-0.4, -0.2) is 66.4 Å². The van der Waals surface area contributed by atoms with Gasteiger partial charge in [-0.3, -0.25) is 23.9 Å². The second kappa shape index (κ2) is 10.6. The van der Waals surface area contributed by atoms with Crippen LogP contribution in [0.4, 0.5) is 0 Å². The number of allylic oxidation sites excluding steroid dienone is 1. The fourth-order valence-electron chi connectivity index (χ4n) is 5.82. The molecule has 4 fully saturated rings.